The quantitative estimate of drug-likeness (QED) is 0.809. The van der Waals surface area contributed by atoms with Crippen LogP contribution in [0.3, 0.4) is 0 Å². The summed E-state index contributed by atoms with van der Waals surface area (Å²) in [6.45, 7) is 1.77. The number of nitrogens with one attached hydrogen (secondary N) is 1. The van der Waals surface area contributed by atoms with Crippen molar-refractivity contribution in [3.05, 3.63) is 23.0 Å². The number of rotatable bonds is 2. The Labute approximate surface area is 86.5 Å². The maximum absolute atomic E-state index is 11.1. The fraction of sp³-hybridized carbons (Fsp3) is 0.222. The molecule has 0 spiro atoms. The molecule has 1 aromatic heterocycles. The standard InChI is InChI=1S/C9H8ClN3O/c1-6-7(10)4-12-5-8(6)13-9(14)2-3-11/h4-5H,2H2,1H3,(H,13,14). The highest BCUT2D eigenvalue weighted by atomic mass is 35.5. The van der Waals surface area contributed by atoms with Crippen molar-refractivity contribution in [3.63, 3.8) is 0 Å². The number of hydrogen-bond acceptors (Lipinski definition) is 3. The molecule has 1 heterocycles. The normalized spacial score (nSPS) is 9.21. The zero-order valence-electron chi connectivity index (χ0n) is 7.54. The molecule has 0 saturated heterocycles. The molecule has 0 aliphatic rings. The van der Waals surface area contributed by atoms with Crippen molar-refractivity contribution in [1.82, 2.24) is 4.98 Å². The van der Waals surface area contributed by atoms with Gasteiger partial charge in [-0.05, 0) is 12.5 Å². The Morgan fingerprint density at radius 3 is 3.07 bits per heavy atom. The second-order valence-corrected chi connectivity index (χ2v) is 3.08. The first-order chi connectivity index (χ1) is 6.65. The van der Waals surface area contributed by atoms with Crippen LogP contribution in [-0.2, 0) is 4.79 Å². The monoisotopic (exact) mass is 209 g/mol. The molecule has 1 amide bonds. The van der Waals surface area contributed by atoms with E-state index in [-0.39, 0.29) is 12.3 Å². The van der Waals surface area contributed by atoms with Crippen molar-refractivity contribution in [2.45, 2.75) is 13.3 Å². The lowest BCUT2D eigenvalue weighted by molar-refractivity contribution is -0.115. The van der Waals surface area contributed by atoms with Crippen molar-refractivity contribution < 1.29 is 4.79 Å². The molecule has 72 valence electrons. The van der Waals surface area contributed by atoms with Crippen molar-refractivity contribution in [2.75, 3.05) is 5.32 Å². The lowest BCUT2D eigenvalue weighted by Crippen LogP contribution is -2.11. The predicted octanol–water partition coefficient (Wildman–Crippen LogP) is 1.90. The van der Waals surface area contributed by atoms with Gasteiger partial charge < -0.3 is 5.32 Å². The molecular weight excluding hydrogens is 202 g/mol. The highest BCUT2D eigenvalue weighted by Crippen LogP contribution is 2.21. The van der Waals surface area contributed by atoms with E-state index in [0.717, 1.165) is 5.56 Å². The van der Waals surface area contributed by atoms with Crippen LogP contribution in [0, 0.1) is 18.3 Å². The van der Waals surface area contributed by atoms with E-state index in [0.29, 0.717) is 10.7 Å². The maximum atomic E-state index is 11.1. The fourth-order valence-electron chi connectivity index (χ4n) is 0.892. The molecule has 1 N–H and O–H groups in total. The van der Waals surface area contributed by atoms with E-state index in [2.05, 4.69) is 10.3 Å². The van der Waals surface area contributed by atoms with Gasteiger partial charge in [0.2, 0.25) is 5.91 Å². The minimum Gasteiger partial charge on any atom is -0.324 e. The van der Waals surface area contributed by atoms with Crippen molar-refractivity contribution in [3.8, 4) is 6.07 Å². The van der Waals surface area contributed by atoms with Gasteiger partial charge in [0.05, 0.1) is 23.0 Å². The number of hydrogen-bond donors (Lipinski definition) is 1. The lowest BCUT2D eigenvalue weighted by Gasteiger charge is -2.06. The number of nitriles is 1. The Morgan fingerprint density at radius 2 is 2.43 bits per heavy atom. The summed E-state index contributed by atoms with van der Waals surface area (Å²) in [5.41, 5.74) is 1.28. The van der Waals surface area contributed by atoms with Gasteiger partial charge in [-0.15, -0.1) is 0 Å². The second kappa shape index (κ2) is 4.58. The largest absolute Gasteiger partial charge is 0.324 e. The average Bonchev–Trinajstić information content (AvgIpc) is 2.13. The molecule has 14 heavy (non-hydrogen) atoms. The highest BCUT2D eigenvalue weighted by Gasteiger charge is 2.06. The smallest absolute Gasteiger partial charge is 0.238 e. The molecule has 4 nitrogen and oxygen atoms in total. The van der Waals surface area contributed by atoms with Crippen LogP contribution in [0.15, 0.2) is 12.4 Å². The van der Waals surface area contributed by atoms with E-state index in [1.165, 1.54) is 12.4 Å². The number of nitrogens with zero attached hydrogens (tertiary/aromatic N) is 2. The van der Waals surface area contributed by atoms with Gasteiger partial charge in [-0.25, -0.2) is 0 Å². The number of amides is 1. The third-order valence-electron chi connectivity index (χ3n) is 1.67. The molecule has 0 radical (unpaired) electrons. The third kappa shape index (κ3) is 2.44. The zero-order chi connectivity index (χ0) is 10.6. The van der Waals surface area contributed by atoms with Crippen LogP contribution in [0.2, 0.25) is 5.02 Å². The summed E-state index contributed by atoms with van der Waals surface area (Å²) in [7, 11) is 0. The van der Waals surface area contributed by atoms with Crippen molar-refractivity contribution >= 4 is 23.2 Å². The maximum Gasteiger partial charge on any atom is 0.238 e. The Kier molecular flexibility index (Phi) is 3.43. The predicted molar refractivity (Wildman–Crippen MR) is 52.8 cm³/mol. The van der Waals surface area contributed by atoms with Crippen molar-refractivity contribution in [2.24, 2.45) is 0 Å². The first kappa shape index (κ1) is 10.5. The van der Waals surface area contributed by atoms with Gasteiger partial charge in [0, 0.05) is 6.20 Å². The summed E-state index contributed by atoms with van der Waals surface area (Å²) in [5.74, 6) is -0.361. The van der Waals surface area contributed by atoms with Crippen LogP contribution in [0.1, 0.15) is 12.0 Å². The fourth-order valence-corrected chi connectivity index (χ4v) is 1.05. The van der Waals surface area contributed by atoms with Crippen molar-refractivity contribution in [1.29, 1.82) is 5.26 Å². The molecule has 0 bridgehead atoms. The van der Waals surface area contributed by atoms with Gasteiger partial charge in [-0.2, -0.15) is 5.26 Å². The topological polar surface area (TPSA) is 65.8 Å². The zero-order valence-corrected chi connectivity index (χ0v) is 8.30. The second-order valence-electron chi connectivity index (χ2n) is 2.68. The molecule has 5 heteroatoms. The van der Waals surface area contributed by atoms with E-state index in [9.17, 15) is 4.79 Å². The third-order valence-corrected chi connectivity index (χ3v) is 2.05. The van der Waals surface area contributed by atoms with Gasteiger partial charge in [-0.1, -0.05) is 11.6 Å². The van der Waals surface area contributed by atoms with Crippen LogP contribution < -0.4 is 5.32 Å². The van der Waals surface area contributed by atoms with E-state index in [4.69, 9.17) is 16.9 Å². The first-order valence-electron chi connectivity index (χ1n) is 3.92. The van der Waals surface area contributed by atoms with Gasteiger partial charge in [0.1, 0.15) is 6.42 Å². The van der Waals surface area contributed by atoms with Gasteiger partial charge in [0.15, 0.2) is 0 Å². The number of aromatic nitrogens is 1. The molecule has 0 aromatic carbocycles. The Hall–Kier alpha value is -1.60. The summed E-state index contributed by atoms with van der Waals surface area (Å²) in [6.07, 6.45) is 2.82. The molecule has 0 aliphatic heterocycles. The van der Waals surface area contributed by atoms with Gasteiger partial charge >= 0.3 is 0 Å². The number of halogens is 1. The Morgan fingerprint density at radius 1 is 1.71 bits per heavy atom. The van der Waals surface area contributed by atoms with Crippen LogP contribution in [0.25, 0.3) is 0 Å². The number of carbonyl (C=O) groups excluding carboxylic acids is 1. The van der Waals surface area contributed by atoms with Gasteiger partial charge in [-0.3, -0.25) is 9.78 Å². The molecule has 0 atom stereocenters. The van der Waals surface area contributed by atoms with E-state index < -0.39 is 0 Å². The van der Waals surface area contributed by atoms with Crippen LogP contribution >= 0.6 is 11.6 Å². The van der Waals surface area contributed by atoms with Gasteiger partial charge in [0.25, 0.3) is 0 Å². The number of carbonyl (C=O) groups is 1. The minimum atomic E-state index is -0.361. The summed E-state index contributed by atoms with van der Waals surface area (Å²) >= 11 is 5.80. The molecule has 0 saturated carbocycles. The van der Waals surface area contributed by atoms with E-state index in [1.54, 1.807) is 13.0 Å². The van der Waals surface area contributed by atoms with E-state index >= 15 is 0 Å². The lowest BCUT2D eigenvalue weighted by atomic mass is 10.2. The number of pyridine rings is 1. The molecular formula is C9H8ClN3O. The average molecular weight is 210 g/mol. The van der Waals surface area contributed by atoms with Crippen LogP contribution in [-0.4, -0.2) is 10.9 Å². The summed E-state index contributed by atoms with van der Waals surface area (Å²) < 4.78 is 0. The van der Waals surface area contributed by atoms with Crippen LogP contribution in [0.4, 0.5) is 5.69 Å². The summed E-state index contributed by atoms with van der Waals surface area (Å²) in [5, 5.41) is 11.3. The molecule has 0 fully saturated rings. The molecule has 0 unspecified atom stereocenters. The summed E-state index contributed by atoms with van der Waals surface area (Å²) in [6, 6.07) is 1.76. The van der Waals surface area contributed by atoms with Crippen LogP contribution in [0.5, 0.6) is 0 Å². The Bertz CT molecular complexity index is 398. The molecule has 1 aromatic rings. The molecule has 1 rings (SSSR count). The SMILES string of the molecule is Cc1c(Cl)cncc1NC(=O)CC#N. The summed E-state index contributed by atoms with van der Waals surface area (Å²) in [4.78, 5) is 14.9. The highest BCUT2D eigenvalue weighted by molar-refractivity contribution is 6.31. The van der Waals surface area contributed by atoms with E-state index in [1.807, 2.05) is 0 Å². The Balaban J connectivity index is 2.83. The molecule has 0 aliphatic carbocycles. The first-order valence-corrected chi connectivity index (χ1v) is 4.30. The minimum absolute atomic E-state index is 0.175. The number of anilines is 1.